The Balaban J connectivity index is 1.26. The number of carbonyl (C=O) groups is 1. The van der Waals surface area contributed by atoms with E-state index in [-0.39, 0.29) is 72.7 Å². The minimum atomic E-state index is -0.954. The van der Waals surface area contributed by atoms with Crippen LogP contribution in [0.4, 0.5) is 24.0 Å². The lowest BCUT2D eigenvalue weighted by atomic mass is 9.95. The molecule has 5 atom stereocenters. The Morgan fingerprint density at radius 2 is 2.00 bits per heavy atom. The van der Waals surface area contributed by atoms with Crippen molar-refractivity contribution in [2.75, 3.05) is 43.4 Å². The van der Waals surface area contributed by atoms with E-state index >= 15 is 4.39 Å². The van der Waals surface area contributed by atoms with Gasteiger partial charge in [0.05, 0.1) is 26.7 Å². The molecule has 1 unspecified atom stereocenters. The molecular weight excluding hydrogens is 653 g/mol. The molecule has 47 heavy (non-hydrogen) atoms. The number of carboxylic acids is 1. The number of rotatable bonds is 6. The third kappa shape index (κ3) is 4.78. The fourth-order valence-electron chi connectivity index (χ4n) is 8.54. The Bertz CT molecular complexity index is 2010. The number of fused-ring (bicyclic) bond motifs is 4. The zero-order valence-electron chi connectivity index (χ0n) is 25.1. The first-order valence-corrected chi connectivity index (χ1v) is 16.9. The van der Waals surface area contributed by atoms with Crippen molar-refractivity contribution in [3.05, 3.63) is 40.4 Å². The Morgan fingerprint density at radius 1 is 1.23 bits per heavy atom. The normalized spacial score (nSPS) is 27.1. The van der Waals surface area contributed by atoms with Crippen LogP contribution in [-0.4, -0.2) is 70.4 Å². The molecule has 5 heterocycles. The number of aromatic nitrogens is 2. The van der Waals surface area contributed by atoms with Gasteiger partial charge in [0.25, 0.3) is 0 Å². The summed E-state index contributed by atoms with van der Waals surface area (Å²) in [6.45, 7) is 2.33. The lowest BCUT2D eigenvalue weighted by Gasteiger charge is -2.31. The van der Waals surface area contributed by atoms with E-state index in [1.54, 1.807) is 6.07 Å². The first kappa shape index (κ1) is 30.5. The molecule has 1 aliphatic carbocycles. The summed E-state index contributed by atoms with van der Waals surface area (Å²) in [5.74, 6) is -1.88. The topological polar surface area (TPSA) is 129 Å². The van der Waals surface area contributed by atoms with Crippen LogP contribution in [0.5, 0.6) is 6.01 Å². The standard InChI is InChI=1S/C33H30ClF3N6O3S/c34-22-8-20-27(26(37)25(22)19-2-3-23(36)28-24(19)21(10-38)29(39)47-28)40-32(46-14-33-4-1-5-43(33)13-18(35)9-33)41-30(20)42-11-16-6-15(31(44)45)7-17(16)12-42/h2-3,8,15-18H,1,4-7,9,11-14,39H2,(H,44,45)/t15?,16-,17+,18-,33+/m1/s1. The third-order valence-electron chi connectivity index (χ3n) is 10.7. The Hall–Kier alpha value is -3.86. The molecule has 2 aromatic carbocycles. The Morgan fingerprint density at radius 3 is 2.72 bits per heavy atom. The van der Waals surface area contributed by atoms with E-state index in [4.69, 9.17) is 27.1 Å². The summed E-state index contributed by atoms with van der Waals surface area (Å²) >= 11 is 7.72. The molecule has 4 aliphatic rings. The number of nitriles is 1. The molecule has 8 rings (SSSR count). The Labute approximate surface area is 276 Å². The van der Waals surface area contributed by atoms with Crippen LogP contribution in [0.25, 0.3) is 32.1 Å². The SMILES string of the molecule is N#Cc1c(N)sc2c(F)ccc(-c3c(Cl)cc4c(N5C[C@H]6CC(C(=O)O)C[C@H]6C5)nc(OC[C@@]56CCCN5C[C@H](F)C6)nc4c3F)c12. The molecule has 3 N–H and O–H groups in total. The summed E-state index contributed by atoms with van der Waals surface area (Å²) in [5.41, 5.74) is 5.68. The van der Waals surface area contributed by atoms with Gasteiger partial charge in [0.2, 0.25) is 0 Å². The molecule has 4 fully saturated rings. The van der Waals surface area contributed by atoms with E-state index in [0.29, 0.717) is 50.1 Å². The van der Waals surface area contributed by atoms with Crippen molar-refractivity contribution in [2.45, 2.75) is 43.8 Å². The van der Waals surface area contributed by atoms with Gasteiger partial charge in [-0.05, 0) is 61.8 Å². The second-order valence-electron chi connectivity index (χ2n) is 13.3. The zero-order chi connectivity index (χ0) is 32.8. The molecule has 0 spiro atoms. The van der Waals surface area contributed by atoms with Gasteiger partial charge in [0.1, 0.15) is 41.0 Å². The lowest BCUT2D eigenvalue weighted by Crippen LogP contribution is -2.43. The summed E-state index contributed by atoms with van der Waals surface area (Å²) in [7, 11) is 0. The molecule has 4 aromatic rings. The molecule has 9 nitrogen and oxygen atoms in total. The largest absolute Gasteiger partial charge is 0.481 e. The highest BCUT2D eigenvalue weighted by Crippen LogP contribution is 2.48. The van der Waals surface area contributed by atoms with E-state index in [2.05, 4.69) is 9.88 Å². The molecule has 0 radical (unpaired) electrons. The molecule has 3 saturated heterocycles. The molecule has 0 amide bonds. The quantitative estimate of drug-likeness (QED) is 0.237. The number of benzene rings is 2. The van der Waals surface area contributed by atoms with Crippen LogP contribution in [0.1, 0.15) is 37.7 Å². The van der Waals surface area contributed by atoms with E-state index in [0.717, 1.165) is 30.7 Å². The Kier molecular flexibility index (Phi) is 7.20. The average Bonchev–Trinajstić information content (AvgIpc) is 3.82. The molecular formula is C33H30ClF3N6O3S. The second kappa shape index (κ2) is 11.1. The predicted molar refractivity (Wildman–Crippen MR) is 173 cm³/mol. The van der Waals surface area contributed by atoms with E-state index in [1.807, 2.05) is 11.0 Å². The number of thiophene rings is 1. The van der Waals surface area contributed by atoms with Crippen molar-refractivity contribution in [1.82, 2.24) is 14.9 Å². The molecule has 3 aliphatic heterocycles. The number of carboxylic acid groups (broad SMARTS) is 1. The van der Waals surface area contributed by atoms with Crippen molar-refractivity contribution in [1.29, 1.82) is 5.26 Å². The summed E-state index contributed by atoms with van der Waals surface area (Å²) in [6.07, 6.45) is 2.19. The predicted octanol–water partition coefficient (Wildman–Crippen LogP) is 6.40. The highest BCUT2D eigenvalue weighted by molar-refractivity contribution is 7.23. The van der Waals surface area contributed by atoms with Gasteiger partial charge in [-0.25, -0.2) is 13.2 Å². The van der Waals surface area contributed by atoms with Crippen LogP contribution in [-0.2, 0) is 4.79 Å². The first-order valence-electron chi connectivity index (χ1n) is 15.7. The van der Waals surface area contributed by atoms with Crippen LogP contribution >= 0.6 is 22.9 Å². The van der Waals surface area contributed by atoms with Gasteiger partial charge < -0.3 is 20.5 Å². The van der Waals surface area contributed by atoms with Crippen LogP contribution in [0, 0.1) is 40.7 Å². The maximum Gasteiger partial charge on any atom is 0.319 e. The molecule has 2 aromatic heterocycles. The molecule has 1 saturated carbocycles. The number of anilines is 2. The minimum Gasteiger partial charge on any atom is -0.481 e. The second-order valence-corrected chi connectivity index (χ2v) is 14.8. The van der Waals surface area contributed by atoms with Crippen molar-refractivity contribution in [2.24, 2.45) is 17.8 Å². The number of hydrogen-bond donors (Lipinski definition) is 2. The number of aliphatic carboxylic acids is 1. The number of ether oxygens (including phenoxy) is 1. The number of nitrogen functional groups attached to an aromatic ring is 1. The number of alkyl halides is 1. The summed E-state index contributed by atoms with van der Waals surface area (Å²) in [6, 6.07) is 6.09. The van der Waals surface area contributed by atoms with Gasteiger partial charge in [-0.15, -0.1) is 11.3 Å². The third-order valence-corrected chi connectivity index (χ3v) is 12.0. The van der Waals surface area contributed by atoms with Gasteiger partial charge in [0.15, 0.2) is 5.82 Å². The van der Waals surface area contributed by atoms with Crippen LogP contribution in [0.15, 0.2) is 18.2 Å². The maximum atomic E-state index is 16.9. The van der Waals surface area contributed by atoms with Gasteiger partial charge in [-0.3, -0.25) is 9.69 Å². The van der Waals surface area contributed by atoms with E-state index in [9.17, 15) is 23.9 Å². The van der Waals surface area contributed by atoms with Crippen LogP contribution in [0.3, 0.4) is 0 Å². The van der Waals surface area contributed by atoms with Crippen molar-refractivity contribution in [3.63, 3.8) is 0 Å². The molecule has 14 heteroatoms. The smallest absolute Gasteiger partial charge is 0.319 e. The van der Waals surface area contributed by atoms with Gasteiger partial charge in [0, 0.05) is 42.4 Å². The maximum absolute atomic E-state index is 16.9. The van der Waals surface area contributed by atoms with Crippen LogP contribution < -0.4 is 15.4 Å². The molecule has 244 valence electrons. The van der Waals surface area contributed by atoms with Crippen molar-refractivity contribution in [3.8, 4) is 23.2 Å². The fraction of sp³-hybridized carbons (Fsp3) is 0.455. The summed E-state index contributed by atoms with van der Waals surface area (Å²) in [4.78, 5) is 25.1. The van der Waals surface area contributed by atoms with Gasteiger partial charge in [-0.2, -0.15) is 15.2 Å². The van der Waals surface area contributed by atoms with Crippen LogP contribution in [0.2, 0.25) is 5.02 Å². The minimum absolute atomic E-state index is 0.0147. The number of nitrogens with zero attached hydrogens (tertiary/aromatic N) is 5. The van der Waals surface area contributed by atoms with Crippen molar-refractivity contribution < 1.29 is 27.8 Å². The number of halogens is 4. The summed E-state index contributed by atoms with van der Waals surface area (Å²) in [5, 5.41) is 20.1. The first-order chi connectivity index (χ1) is 22.6. The number of hydrogen-bond acceptors (Lipinski definition) is 9. The monoisotopic (exact) mass is 682 g/mol. The zero-order valence-corrected chi connectivity index (χ0v) is 26.7. The van der Waals surface area contributed by atoms with Gasteiger partial charge in [-0.1, -0.05) is 17.7 Å². The molecule has 0 bridgehead atoms. The van der Waals surface area contributed by atoms with E-state index in [1.165, 1.54) is 12.1 Å². The number of nitrogens with two attached hydrogens (primary N) is 1. The fourth-order valence-corrected chi connectivity index (χ4v) is 9.79. The highest BCUT2D eigenvalue weighted by atomic mass is 35.5. The highest BCUT2D eigenvalue weighted by Gasteiger charge is 2.49. The average molecular weight is 683 g/mol. The van der Waals surface area contributed by atoms with E-state index < -0.39 is 29.3 Å². The van der Waals surface area contributed by atoms with Crippen molar-refractivity contribution >= 4 is 60.7 Å². The summed E-state index contributed by atoms with van der Waals surface area (Å²) < 4.78 is 52.6. The lowest BCUT2D eigenvalue weighted by molar-refractivity contribution is -0.141. The van der Waals surface area contributed by atoms with Gasteiger partial charge >= 0.3 is 12.0 Å².